The number of benzene rings is 1. The Bertz CT molecular complexity index is 417. The molecule has 2 atom stereocenters. The summed E-state index contributed by atoms with van der Waals surface area (Å²) in [5.74, 6) is 0.937. The number of hydrogen-bond donors (Lipinski definition) is 1. The maximum Gasteiger partial charge on any atom is 0.0253 e. The van der Waals surface area contributed by atoms with E-state index in [1.807, 2.05) is 0 Å². The van der Waals surface area contributed by atoms with E-state index in [0.29, 0.717) is 6.04 Å². The molecule has 0 spiro atoms. The third-order valence-electron chi connectivity index (χ3n) is 4.15. The molecule has 0 bridgehead atoms. The maximum absolute atomic E-state index is 3.67. The van der Waals surface area contributed by atoms with Gasteiger partial charge in [-0.05, 0) is 37.3 Å². The van der Waals surface area contributed by atoms with Crippen LogP contribution in [-0.2, 0) is 6.54 Å². The molecule has 3 heteroatoms. The van der Waals surface area contributed by atoms with Crippen LogP contribution in [0.3, 0.4) is 0 Å². The Labute approximate surface area is 118 Å². The first kappa shape index (κ1) is 12.6. The van der Waals surface area contributed by atoms with E-state index in [1.54, 1.807) is 0 Å². The Kier molecular flexibility index (Phi) is 3.73. The van der Waals surface area contributed by atoms with Crippen LogP contribution in [-0.4, -0.2) is 30.1 Å². The molecule has 1 N–H and O–H groups in total. The van der Waals surface area contributed by atoms with Gasteiger partial charge in [0.1, 0.15) is 0 Å². The fraction of sp³-hybridized carbons (Fsp3) is 0.600. The van der Waals surface area contributed by atoms with Crippen molar-refractivity contribution in [2.24, 2.45) is 5.92 Å². The molecule has 1 aliphatic carbocycles. The van der Waals surface area contributed by atoms with Gasteiger partial charge in [-0.1, -0.05) is 34.1 Å². The summed E-state index contributed by atoms with van der Waals surface area (Å²) in [4.78, 5) is 2.68. The summed E-state index contributed by atoms with van der Waals surface area (Å²) in [6, 6.07) is 9.97. The van der Waals surface area contributed by atoms with Crippen LogP contribution >= 0.6 is 15.9 Å². The highest BCUT2D eigenvalue weighted by Crippen LogP contribution is 2.37. The van der Waals surface area contributed by atoms with Crippen LogP contribution in [0.4, 0.5) is 0 Å². The highest BCUT2D eigenvalue weighted by atomic mass is 79.9. The molecule has 0 radical (unpaired) electrons. The van der Waals surface area contributed by atoms with Crippen LogP contribution in [0.25, 0.3) is 0 Å². The van der Waals surface area contributed by atoms with Crippen LogP contribution < -0.4 is 5.32 Å². The van der Waals surface area contributed by atoms with Crippen LogP contribution in [0.1, 0.15) is 25.3 Å². The second-order valence-electron chi connectivity index (χ2n) is 5.73. The zero-order valence-electron chi connectivity index (χ0n) is 10.9. The Balaban J connectivity index is 1.74. The van der Waals surface area contributed by atoms with E-state index >= 15 is 0 Å². The molecule has 1 heterocycles. The molecule has 1 aromatic carbocycles. The van der Waals surface area contributed by atoms with Gasteiger partial charge in [-0.2, -0.15) is 0 Å². The Morgan fingerprint density at radius 1 is 1.33 bits per heavy atom. The van der Waals surface area contributed by atoms with Gasteiger partial charge in [-0.3, -0.25) is 4.90 Å². The Hall–Kier alpha value is -0.380. The molecule has 1 aromatic rings. The molecule has 98 valence electrons. The van der Waals surface area contributed by atoms with E-state index < -0.39 is 0 Å². The average Bonchev–Trinajstić information content (AvgIpc) is 3.16. The SMILES string of the molecule is CC1CN(Cc2ccccc2Br)C(C2CC2)CN1. The van der Waals surface area contributed by atoms with Crippen molar-refractivity contribution in [3.63, 3.8) is 0 Å². The predicted octanol–water partition coefficient (Wildman–Crippen LogP) is 3.02. The van der Waals surface area contributed by atoms with Crippen molar-refractivity contribution in [2.75, 3.05) is 13.1 Å². The molecule has 0 amide bonds. The molecule has 1 aliphatic heterocycles. The van der Waals surface area contributed by atoms with E-state index in [-0.39, 0.29) is 0 Å². The molecular weight excluding hydrogens is 288 g/mol. The summed E-state index contributed by atoms with van der Waals surface area (Å²) in [6.07, 6.45) is 2.85. The summed E-state index contributed by atoms with van der Waals surface area (Å²) in [7, 11) is 0. The van der Waals surface area contributed by atoms with Crippen molar-refractivity contribution >= 4 is 15.9 Å². The topological polar surface area (TPSA) is 15.3 Å². The zero-order chi connectivity index (χ0) is 12.5. The van der Waals surface area contributed by atoms with Crippen LogP contribution in [0.2, 0.25) is 0 Å². The number of hydrogen-bond acceptors (Lipinski definition) is 2. The van der Waals surface area contributed by atoms with Crippen molar-refractivity contribution < 1.29 is 0 Å². The summed E-state index contributed by atoms with van der Waals surface area (Å²) in [5.41, 5.74) is 1.41. The minimum Gasteiger partial charge on any atom is -0.311 e. The number of halogens is 1. The van der Waals surface area contributed by atoms with E-state index in [9.17, 15) is 0 Å². The molecular formula is C15H21BrN2. The molecule has 1 saturated heterocycles. The highest BCUT2D eigenvalue weighted by molar-refractivity contribution is 9.10. The van der Waals surface area contributed by atoms with Crippen LogP contribution in [0, 0.1) is 5.92 Å². The molecule has 2 unspecified atom stereocenters. The first-order chi connectivity index (χ1) is 8.74. The van der Waals surface area contributed by atoms with Crippen LogP contribution in [0.5, 0.6) is 0 Å². The van der Waals surface area contributed by atoms with E-state index in [1.165, 1.54) is 29.4 Å². The van der Waals surface area contributed by atoms with E-state index in [2.05, 4.69) is 57.3 Å². The lowest BCUT2D eigenvalue weighted by Crippen LogP contribution is -2.55. The normalized spacial score (nSPS) is 29.4. The third-order valence-corrected chi connectivity index (χ3v) is 4.92. The zero-order valence-corrected chi connectivity index (χ0v) is 12.5. The van der Waals surface area contributed by atoms with Gasteiger partial charge >= 0.3 is 0 Å². The van der Waals surface area contributed by atoms with Crippen molar-refractivity contribution in [3.8, 4) is 0 Å². The Morgan fingerprint density at radius 3 is 2.83 bits per heavy atom. The lowest BCUT2D eigenvalue weighted by Gasteiger charge is -2.40. The summed E-state index contributed by atoms with van der Waals surface area (Å²) >= 11 is 3.67. The molecule has 2 fully saturated rings. The second kappa shape index (κ2) is 5.32. The van der Waals surface area contributed by atoms with E-state index in [0.717, 1.165) is 25.0 Å². The Morgan fingerprint density at radius 2 is 2.11 bits per heavy atom. The third kappa shape index (κ3) is 2.79. The van der Waals surface area contributed by atoms with Gasteiger partial charge in [0.2, 0.25) is 0 Å². The number of nitrogens with zero attached hydrogens (tertiary/aromatic N) is 1. The molecule has 3 rings (SSSR count). The average molecular weight is 309 g/mol. The van der Waals surface area contributed by atoms with Crippen molar-refractivity contribution in [2.45, 2.75) is 38.4 Å². The first-order valence-electron chi connectivity index (χ1n) is 6.95. The quantitative estimate of drug-likeness (QED) is 0.923. The fourth-order valence-corrected chi connectivity index (χ4v) is 3.39. The maximum atomic E-state index is 3.67. The molecule has 1 saturated carbocycles. The number of rotatable bonds is 3. The lowest BCUT2D eigenvalue weighted by atomic mass is 10.0. The van der Waals surface area contributed by atoms with Gasteiger partial charge < -0.3 is 5.32 Å². The fourth-order valence-electron chi connectivity index (χ4n) is 2.98. The smallest absolute Gasteiger partial charge is 0.0253 e. The van der Waals surface area contributed by atoms with Gasteiger partial charge in [0.05, 0.1) is 0 Å². The molecule has 18 heavy (non-hydrogen) atoms. The van der Waals surface area contributed by atoms with Gasteiger partial charge in [-0.25, -0.2) is 0 Å². The highest BCUT2D eigenvalue weighted by Gasteiger charge is 2.37. The summed E-state index contributed by atoms with van der Waals surface area (Å²) in [5, 5.41) is 3.63. The van der Waals surface area contributed by atoms with Crippen molar-refractivity contribution in [1.82, 2.24) is 10.2 Å². The lowest BCUT2D eigenvalue weighted by molar-refractivity contribution is 0.112. The van der Waals surface area contributed by atoms with Gasteiger partial charge in [0.25, 0.3) is 0 Å². The van der Waals surface area contributed by atoms with Gasteiger partial charge in [0, 0.05) is 36.2 Å². The van der Waals surface area contributed by atoms with Crippen molar-refractivity contribution in [3.05, 3.63) is 34.3 Å². The minimum absolute atomic E-state index is 0.613. The number of nitrogens with one attached hydrogen (secondary N) is 1. The standard InChI is InChI=1S/C15H21BrN2/c1-11-9-18(15(8-17-11)12-6-7-12)10-13-4-2-3-5-14(13)16/h2-5,11-12,15,17H,6-10H2,1H3. The van der Waals surface area contributed by atoms with Crippen LogP contribution in [0.15, 0.2) is 28.7 Å². The van der Waals surface area contributed by atoms with Gasteiger partial charge in [-0.15, -0.1) is 0 Å². The number of piperazine rings is 1. The van der Waals surface area contributed by atoms with E-state index in [4.69, 9.17) is 0 Å². The molecule has 2 nitrogen and oxygen atoms in total. The molecule has 0 aromatic heterocycles. The monoisotopic (exact) mass is 308 g/mol. The second-order valence-corrected chi connectivity index (χ2v) is 6.59. The largest absolute Gasteiger partial charge is 0.311 e. The summed E-state index contributed by atoms with van der Waals surface area (Å²) in [6.45, 7) is 5.70. The van der Waals surface area contributed by atoms with Gasteiger partial charge in [0.15, 0.2) is 0 Å². The predicted molar refractivity (Wildman–Crippen MR) is 78.5 cm³/mol. The minimum atomic E-state index is 0.613. The van der Waals surface area contributed by atoms with Crippen molar-refractivity contribution in [1.29, 1.82) is 0 Å². The summed E-state index contributed by atoms with van der Waals surface area (Å²) < 4.78 is 1.24. The molecule has 2 aliphatic rings. The first-order valence-corrected chi connectivity index (χ1v) is 7.74.